The molecule has 0 saturated heterocycles. The average molecular weight is 346 g/mol. The summed E-state index contributed by atoms with van der Waals surface area (Å²) in [5.41, 5.74) is -2.49. The minimum atomic E-state index is -4.50. The van der Waals surface area contributed by atoms with E-state index in [0.717, 1.165) is 29.1 Å². The monoisotopic (exact) mass is 346 g/mol. The number of hydrogen-bond acceptors (Lipinski definition) is 5. The van der Waals surface area contributed by atoms with Crippen LogP contribution in [0.4, 0.5) is 8.78 Å². The van der Waals surface area contributed by atoms with Crippen LogP contribution < -0.4 is 0 Å². The maximum Gasteiger partial charge on any atom is 0.402 e. The second kappa shape index (κ2) is 7.14. The first-order valence-electron chi connectivity index (χ1n) is 6.40. The lowest BCUT2D eigenvalue weighted by Crippen LogP contribution is -2.44. The molecule has 0 aliphatic carbocycles. The molecule has 8 heteroatoms. The highest BCUT2D eigenvalue weighted by Gasteiger charge is 2.67. The van der Waals surface area contributed by atoms with Crippen LogP contribution in [0.15, 0.2) is 11.6 Å². The molecule has 0 amide bonds. The molecule has 0 N–H and O–H groups in total. The Morgan fingerprint density at radius 3 is 2.35 bits per heavy atom. The molecule has 1 unspecified atom stereocenters. The highest BCUT2D eigenvalue weighted by Crippen LogP contribution is 2.72. The molecule has 0 radical (unpaired) electrons. The van der Waals surface area contributed by atoms with E-state index < -0.39 is 17.3 Å². The summed E-state index contributed by atoms with van der Waals surface area (Å²) in [5, 5.41) is 0. The van der Waals surface area contributed by atoms with Crippen LogP contribution in [0.2, 0.25) is 0 Å². The SMILES string of the molecule is CCOP(=O)(OCC)C(F)(F)C1(SC)CC=C(C)CS1. The third kappa shape index (κ3) is 3.27. The molecule has 0 aromatic carbocycles. The number of alkyl halides is 2. The fourth-order valence-corrected chi connectivity index (χ4v) is 6.70. The lowest BCUT2D eigenvalue weighted by atomic mass is 10.2. The summed E-state index contributed by atoms with van der Waals surface area (Å²) >= 11 is 2.13. The van der Waals surface area contributed by atoms with Gasteiger partial charge in [-0.25, -0.2) is 0 Å². The van der Waals surface area contributed by atoms with E-state index >= 15 is 0 Å². The largest absolute Gasteiger partial charge is 0.402 e. The molecule has 1 atom stereocenters. The minimum absolute atomic E-state index is 0.0726. The molecule has 118 valence electrons. The summed E-state index contributed by atoms with van der Waals surface area (Å²) in [6, 6.07) is 0. The lowest BCUT2D eigenvalue weighted by molar-refractivity contribution is 0.0290. The molecule has 1 heterocycles. The molecule has 0 saturated carbocycles. The summed E-state index contributed by atoms with van der Waals surface area (Å²) in [4.78, 5) is 0. The van der Waals surface area contributed by atoms with Gasteiger partial charge in [-0.2, -0.15) is 8.78 Å². The van der Waals surface area contributed by atoms with Crippen molar-refractivity contribution in [2.75, 3.05) is 25.2 Å². The average Bonchev–Trinajstić information content (AvgIpc) is 2.40. The zero-order chi connectivity index (χ0) is 15.4. The van der Waals surface area contributed by atoms with Gasteiger partial charge in [0.1, 0.15) is 4.08 Å². The Kier molecular flexibility index (Phi) is 6.60. The van der Waals surface area contributed by atoms with E-state index in [9.17, 15) is 13.3 Å². The van der Waals surface area contributed by atoms with Gasteiger partial charge in [-0.1, -0.05) is 11.6 Å². The molecule has 0 spiro atoms. The summed E-state index contributed by atoms with van der Waals surface area (Å²) in [6.07, 6.45) is 3.53. The molecule has 1 aliphatic rings. The van der Waals surface area contributed by atoms with Crippen molar-refractivity contribution in [2.24, 2.45) is 0 Å². The van der Waals surface area contributed by atoms with Gasteiger partial charge in [0.25, 0.3) is 0 Å². The van der Waals surface area contributed by atoms with Crippen molar-refractivity contribution in [2.45, 2.75) is 36.9 Å². The standard InChI is InChI=1S/C12H21F2O3PS2/c1-5-16-18(15,17-6-2)12(13,14)11(19-4)8-7-10(3)9-20-11/h7H,5-6,8-9H2,1-4H3. The topological polar surface area (TPSA) is 35.5 Å². The number of halogens is 2. The number of rotatable bonds is 7. The first kappa shape index (κ1) is 18.5. The summed E-state index contributed by atoms with van der Waals surface area (Å²) in [7, 11) is -4.50. The predicted molar refractivity (Wildman–Crippen MR) is 82.9 cm³/mol. The van der Waals surface area contributed by atoms with Gasteiger partial charge < -0.3 is 9.05 Å². The van der Waals surface area contributed by atoms with Crippen LogP contribution in [-0.4, -0.2) is 35.0 Å². The van der Waals surface area contributed by atoms with E-state index in [0.29, 0.717) is 5.75 Å². The second-order valence-electron chi connectivity index (χ2n) is 4.37. The summed E-state index contributed by atoms with van der Waals surface area (Å²) in [5.74, 6) is 0.495. The molecule has 0 fully saturated rings. The van der Waals surface area contributed by atoms with E-state index in [2.05, 4.69) is 0 Å². The zero-order valence-electron chi connectivity index (χ0n) is 12.2. The highest BCUT2D eigenvalue weighted by molar-refractivity contribution is 8.18. The molecule has 3 nitrogen and oxygen atoms in total. The van der Waals surface area contributed by atoms with Crippen molar-refractivity contribution in [3.05, 3.63) is 11.6 Å². The van der Waals surface area contributed by atoms with Gasteiger partial charge in [-0.15, -0.1) is 23.5 Å². The van der Waals surface area contributed by atoms with Crippen LogP contribution in [0, 0.1) is 0 Å². The molecule has 20 heavy (non-hydrogen) atoms. The van der Waals surface area contributed by atoms with E-state index in [1.165, 1.54) is 13.8 Å². The predicted octanol–water partition coefficient (Wildman–Crippen LogP) is 4.99. The first-order chi connectivity index (χ1) is 9.28. The maximum absolute atomic E-state index is 14.9. The summed E-state index contributed by atoms with van der Waals surface area (Å²) < 4.78 is 50.6. The molecule has 1 aliphatic heterocycles. The Hall–Kier alpha value is 0.450. The van der Waals surface area contributed by atoms with Gasteiger partial charge in [0.15, 0.2) is 0 Å². The third-order valence-corrected chi connectivity index (χ3v) is 8.98. The number of hydrogen-bond donors (Lipinski definition) is 0. The van der Waals surface area contributed by atoms with Crippen LogP contribution in [0.3, 0.4) is 0 Å². The Morgan fingerprint density at radius 2 is 2.00 bits per heavy atom. The van der Waals surface area contributed by atoms with Crippen molar-refractivity contribution in [1.82, 2.24) is 0 Å². The maximum atomic E-state index is 14.9. The van der Waals surface area contributed by atoms with Crippen LogP contribution in [0.5, 0.6) is 0 Å². The molecular formula is C12H21F2O3PS2. The first-order valence-corrected chi connectivity index (χ1v) is 10.2. The van der Waals surface area contributed by atoms with Crippen LogP contribution in [-0.2, 0) is 13.6 Å². The Labute approximate surface area is 127 Å². The van der Waals surface area contributed by atoms with Crippen LogP contribution >= 0.6 is 31.1 Å². The van der Waals surface area contributed by atoms with Gasteiger partial charge >= 0.3 is 13.3 Å². The van der Waals surface area contributed by atoms with E-state index in [1.54, 1.807) is 12.3 Å². The molecule has 0 aromatic rings. The lowest BCUT2D eigenvalue weighted by Gasteiger charge is -2.42. The van der Waals surface area contributed by atoms with Crippen molar-refractivity contribution >= 4 is 31.1 Å². The van der Waals surface area contributed by atoms with Gasteiger partial charge in [-0.3, -0.25) is 4.57 Å². The van der Waals surface area contributed by atoms with Crippen LogP contribution in [0.1, 0.15) is 27.2 Å². The summed E-state index contributed by atoms with van der Waals surface area (Å²) in [6.45, 7) is 4.82. The quantitative estimate of drug-likeness (QED) is 0.479. The Morgan fingerprint density at radius 1 is 1.45 bits per heavy atom. The van der Waals surface area contributed by atoms with E-state index in [1.807, 2.05) is 6.92 Å². The smallest absolute Gasteiger partial charge is 0.305 e. The van der Waals surface area contributed by atoms with Crippen molar-refractivity contribution in [3.8, 4) is 0 Å². The van der Waals surface area contributed by atoms with Crippen molar-refractivity contribution in [3.63, 3.8) is 0 Å². The Bertz CT molecular complexity index is 408. The molecule has 0 aromatic heterocycles. The van der Waals surface area contributed by atoms with Gasteiger partial charge in [-0.05, 0) is 33.4 Å². The third-order valence-electron chi connectivity index (χ3n) is 2.98. The van der Waals surface area contributed by atoms with Crippen LogP contribution in [0.25, 0.3) is 0 Å². The van der Waals surface area contributed by atoms with E-state index in [4.69, 9.17) is 9.05 Å². The van der Waals surface area contributed by atoms with Gasteiger partial charge in [0.2, 0.25) is 0 Å². The highest BCUT2D eigenvalue weighted by atomic mass is 32.2. The second-order valence-corrected chi connectivity index (χ2v) is 9.09. The fourth-order valence-electron chi connectivity index (χ4n) is 1.88. The van der Waals surface area contributed by atoms with E-state index in [-0.39, 0.29) is 19.6 Å². The minimum Gasteiger partial charge on any atom is -0.305 e. The Balaban J connectivity index is 3.19. The molecule has 0 bridgehead atoms. The number of thioether (sulfide) groups is 2. The number of allylic oxidation sites excluding steroid dienone is 1. The van der Waals surface area contributed by atoms with Gasteiger partial charge in [0.05, 0.1) is 13.2 Å². The zero-order valence-corrected chi connectivity index (χ0v) is 14.7. The fraction of sp³-hybridized carbons (Fsp3) is 0.833. The van der Waals surface area contributed by atoms with Crippen molar-refractivity contribution < 1.29 is 22.4 Å². The van der Waals surface area contributed by atoms with Gasteiger partial charge in [0, 0.05) is 5.75 Å². The molecular weight excluding hydrogens is 325 g/mol. The van der Waals surface area contributed by atoms with Crippen molar-refractivity contribution in [1.29, 1.82) is 0 Å². The normalized spacial score (nSPS) is 24.6. The molecule has 1 rings (SSSR count).